The maximum absolute atomic E-state index is 12.9. The molecule has 0 aromatic rings. The van der Waals surface area contributed by atoms with Gasteiger partial charge in [-0.1, -0.05) is 234 Å². The summed E-state index contributed by atoms with van der Waals surface area (Å²) < 4.78 is 16.8. The van der Waals surface area contributed by atoms with Gasteiger partial charge in [-0.2, -0.15) is 0 Å². The Bertz CT molecular complexity index is 1960. The maximum atomic E-state index is 12.9. The first-order valence-electron chi connectivity index (χ1n) is 30.6. The van der Waals surface area contributed by atoms with E-state index in [0.717, 1.165) is 161 Å². The molecular weight excluding hydrogens is 973 g/mol. The van der Waals surface area contributed by atoms with Crippen LogP contribution in [0.1, 0.15) is 213 Å². The van der Waals surface area contributed by atoms with Crippen LogP contribution < -0.4 is 0 Å². The molecule has 0 spiro atoms. The van der Waals surface area contributed by atoms with E-state index in [2.05, 4.69) is 227 Å². The molecule has 0 aliphatic rings. The van der Waals surface area contributed by atoms with E-state index in [1.807, 2.05) is 0 Å². The Morgan fingerprint density at radius 2 is 0.456 bits per heavy atom. The first kappa shape index (κ1) is 73.0. The lowest BCUT2D eigenvalue weighted by Gasteiger charge is -2.18. The quantitative estimate of drug-likeness (QED) is 0.0261. The molecular formula is C73H108O6. The van der Waals surface area contributed by atoms with Gasteiger partial charge in [-0.3, -0.25) is 14.4 Å². The van der Waals surface area contributed by atoms with E-state index >= 15 is 0 Å². The molecule has 0 bridgehead atoms. The van der Waals surface area contributed by atoms with Gasteiger partial charge in [0.25, 0.3) is 0 Å². The third-order valence-corrected chi connectivity index (χ3v) is 11.8. The highest BCUT2D eigenvalue weighted by Gasteiger charge is 2.19. The van der Waals surface area contributed by atoms with E-state index in [9.17, 15) is 14.4 Å². The van der Waals surface area contributed by atoms with Gasteiger partial charge in [-0.05, 0) is 167 Å². The summed E-state index contributed by atoms with van der Waals surface area (Å²) in [6.45, 7) is 6.17. The molecule has 0 aromatic carbocycles. The SMILES string of the molecule is CC/C=C\C/C=C\C/C=C\C/C=C\C/C=C\C/C=C\CCCCC(=O)OCC(COC(=O)CCCCC/C=C\C/C=C\C/C=C\C/C=C\C/C=C\CC)OC(=O)CCCC/C=C\C/C=C\C/C=C\C/C=C\C/C=C\C/C=C\CC. The number of hydrogen-bond donors (Lipinski definition) is 0. The summed E-state index contributed by atoms with van der Waals surface area (Å²) >= 11 is 0. The van der Waals surface area contributed by atoms with E-state index in [1.165, 1.54) is 0 Å². The Morgan fingerprint density at radius 1 is 0.253 bits per heavy atom. The minimum absolute atomic E-state index is 0.140. The number of carbonyl (C=O) groups excluding carboxylic acids is 3. The van der Waals surface area contributed by atoms with Crippen LogP contribution in [0.4, 0.5) is 0 Å². The van der Waals surface area contributed by atoms with Crippen molar-refractivity contribution in [3.05, 3.63) is 207 Å². The molecule has 1 unspecified atom stereocenters. The average Bonchev–Trinajstić information content (AvgIpc) is 3.45. The number of esters is 3. The van der Waals surface area contributed by atoms with Crippen LogP contribution in [0.15, 0.2) is 207 Å². The summed E-state index contributed by atoms with van der Waals surface area (Å²) in [7, 11) is 0. The van der Waals surface area contributed by atoms with Crippen LogP contribution in [-0.4, -0.2) is 37.2 Å². The van der Waals surface area contributed by atoms with Crippen molar-refractivity contribution in [3.63, 3.8) is 0 Å². The van der Waals surface area contributed by atoms with E-state index in [-0.39, 0.29) is 50.4 Å². The fourth-order valence-electron chi connectivity index (χ4n) is 7.30. The molecule has 0 aliphatic heterocycles. The van der Waals surface area contributed by atoms with Crippen molar-refractivity contribution in [3.8, 4) is 0 Å². The Balaban J connectivity index is 4.67. The number of unbranched alkanes of at least 4 members (excludes halogenated alkanes) is 7. The van der Waals surface area contributed by atoms with Gasteiger partial charge in [0.15, 0.2) is 6.10 Å². The van der Waals surface area contributed by atoms with Crippen LogP contribution in [0.3, 0.4) is 0 Å². The largest absolute Gasteiger partial charge is 0.462 e. The number of rotatable bonds is 52. The van der Waals surface area contributed by atoms with Crippen molar-refractivity contribution < 1.29 is 28.6 Å². The Morgan fingerprint density at radius 3 is 0.709 bits per heavy atom. The minimum atomic E-state index is -0.849. The normalized spacial score (nSPS) is 13.6. The summed E-state index contributed by atoms with van der Waals surface area (Å²) in [5.74, 6) is -1.07. The molecule has 0 saturated carbocycles. The smallest absolute Gasteiger partial charge is 0.306 e. The van der Waals surface area contributed by atoms with Crippen LogP contribution >= 0.6 is 0 Å². The van der Waals surface area contributed by atoms with Crippen LogP contribution in [0.2, 0.25) is 0 Å². The molecule has 0 fully saturated rings. The van der Waals surface area contributed by atoms with Crippen molar-refractivity contribution in [2.75, 3.05) is 13.2 Å². The molecule has 0 heterocycles. The van der Waals surface area contributed by atoms with Crippen LogP contribution in [0.25, 0.3) is 0 Å². The molecule has 1 atom stereocenters. The predicted molar refractivity (Wildman–Crippen MR) is 343 cm³/mol. The van der Waals surface area contributed by atoms with Gasteiger partial charge in [0.1, 0.15) is 13.2 Å². The van der Waals surface area contributed by atoms with Gasteiger partial charge in [-0.15, -0.1) is 0 Å². The van der Waals surface area contributed by atoms with Gasteiger partial charge in [0, 0.05) is 19.3 Å². The van der Waals surface area contributed by atoms with Gasteiger partial charge in [-0.25, -0.2) is 0 Å². The fraction of sp³-hybridized carbons (Fsp3) is 0.493. The zero-order valence-corrected chi connectivity index (χ0v) is 49.8. The molecule has 0 aliphatic carbocycles. The molecule has 6 heteroatoms. The van der Waals surface area contributed by atoms with Crippen LogP contribution in [0, 0.1) is 0 Å². The molecule has 0 aromatic heterocycles. The van der Waals surface area contributed by atoms with Crippen molar-refractivity contribution in [2.24, 2.45) is 0 Å². The summed E-state index contributed by atoms with van der Waals surface area (Å²) in [6, 6.07) is 0. The number of hydrogen-bond acceptors (Lipinski definition) is 6. The second-order valence-corrected chi connectivity index (χ2v) is 19.1. The Kier molecular flexibility index (Phi) is 59.6. The molecule has 0 N–H and O–H groups in total. The molecule has 0 rings (SSSR count). The van der Waals surface area contributed by atoms with Crippen molar-refractivity contribution in [1.82, 2.24) is 0 Å². The summed E-state index contributed by atoms with van der Waals surface area (Å²) in [5, 5.41) is 0. The minimum Gasteiger partial charge on any atom is -0.462 e. The van der Waals surface area contributed by atoms with Gasteiger partial charge < -0.3 is 14.2 Å². The standard InChI is InChI=1S/C73H108O6/c1-4-7-10-13-16-19-22-25-28-31-34-36-39-42-45-48-51-54-57-60-63-66-72(75)78-69-70(68-77-71(74)65-62-59-56-53-50-47-44-41-38-33-30-27-24-21-18-15-12-9-6-3)79-73(76)67-64-61-58-55-52-49-46-43-40-37-35-32-29-26-23-20-17-14-11-8-5-2/h7-12,16-21,25-30,34-38,41-43,45-47,50-52,54-55,70H,4-6,13-15,22-24,31-33,39-40,44,48-49,53,56-69H2,1-3H3/b10-7-,11-8-,12-9-,19-16-,20-17-,21-18-,28-25-,29-26-,30-27-,36-34-,37-35-,41-38-,45-42-,46-43-,50-47-,54-51-,55-52-. The molecule has 436 valence electrons. The number of carbonyl (C=O) groups is 3. The molecule has 0 amide bonds. The van der Waals surface area contributed by atoms with E-state index in [1.54, 1.807) is 0 Å². The van der Waals surface area contributed by atoms with Crippen molar-refractivity contribution in [2.45, 2.75) is 219 Å². The van der Waals surface area contributed by atoms with Crippen molar-refractivity contribution in [1.29, 1.82) is 0 Å². The average molecular weight is 1080 g/mol. The third-order valence-electron chi connectivity index (χ3n) is 11.8. The Labute approximate surface area is 483 Å². The highest BCUT2D eigenvalue weighted by Crippen LogP contribution is 2.11. The second kappa shape index (κ2) is 64.5. The second-order valence-electron chi connectivity index (χ2n) is 19.1. The zero-order valence-electron chi connectivity index (χ0n) is 49.8. The van der Waals surface area contributed by atoms with E-state index in [0.29, 0.717) is 12.8 Å². The fourth-order valence-corrected chi connectivity index (χ4v) is 7.30. The highest BCUT2D eigenvalue weighted by atomic mass is 16.6. The first-order valence-corrected chi connectivity index (χ1v) is 30.6. The molecule has 0 radical (unpaired) electrons. The summed E-state index contributed by atoms with van der Waals surface area (Å²) in [6.07, 6.45) is 99.6. The Hall–Kier alpha value is -6.01. The molecule has 0 saturated heterocycles. The third kappa shape index (κ3) is 62.7. The summed E-state index contributed by atoms with van der Waals surface area (Å²) in [5.41, 5.74) is 0. The molecule has 6 nitrogen and oxygen atoms in total. The van der Waals surface area contributed by atoms with Crippen molar-refractivity contribution >= 4 is 17.9 Å². The van der Waals surface area contributed by atoms with Crippen LogP contribution in [-0.2, 0) is 28.6 Å². The highest BCUT2D eigenvalue weighted by molar-refractivity contribution is 5.71. The van der Waals surface area contributed by atoms with Crippen LogP contribution in [0.5, 0.6) is 0 Å². The van der Waals surface area contributed by atoms with Gasteiger partial charge >= 0.3 is 17.9 Å². The summed E-state index contributed by atoms with van der Waals surface area (Å²) in [4.78, 5) is 38.3. The first-order chi connectivity index (χ1) is 39.0. The topological polar surface area (TPSA) is 78.9 Å². The molecule has 79 heavy (non-hydrogen) atoms. The lowest BCUT2D eigenvalue weighted by atomic mass is 10.1. The number of allylic oxidation sites excluding steroid dienone is 34. The number of ether oxygens (including phenoxy) is 3. The zero-order chi connectivity index (χ0) is 57.1. The van der Waals surface area contributed by atoms with Gasteiger partial charge in [0.2, 0.25) is 0 Å². The van der Waals surface area contributed by atoms with E-state index in [4.69, 9.17) is 14.2 Å². The monoisotopic (exact) mass is 1080 g/mol. The maximum Gasteiger partial charge on any atom is 0.306 e. The predicted octanol–water partition coefficient (Wildman–Crippen LogP) is 21.2. The lowest BCUT2D eigenvalue weighted by Crippen LogP contribution is -2.30. The lowest BCUT2D eigenvalue weighted by molar-refractivity contribution is -0.167. The van der Waals surface area contributed by atoms with E-state index < -0.39 is 6.10 Å². The van der Waals surface area contributed by atoms with Gasteiger partial charge in [0.05, 0.1) is 0 Å².